The summed E-state index contributed by atoms with van der Waals surface area (Å²) in [5.41, 5.74) is 2.04. The fourth-order valence-electron chi connectivity index (χ4n) is 2.47. The number of nitro benzene ring substituents is 1. The Kier molecular flexibility index (Phi) is 5.76. The number of nitrogens with zero attached hydrogens (tertiary/aromatic N) is 2. The number of non-ortho nitro benzene ring substituents is 1. The van der Waals surface area contributed by atoms with Gasteiger partial charge in [-0.05, 0) is 41.5 Å². The molecule has 7 nitrogen and oxygen atoms in total. The van der Waals surface area contributed by atoms with Gasteiger partial charge in [0.05, 0.1) is 10.6 Å². The first-order chi connectivity index (χ1) is 13.5. The van der Waals surface area contributed by atoms with Crippen LogP contribution in [0.1, 0.15) is 21.5 Å². The highest BCUT2D eigenvalue weighted by Crippen LogP contribution is 2.22. The Morgan fingerprint density at radius 3 is 2.43 bits per heavy atom. The molecule has 0 atom stereocenters. The van der Waals surface area contributed by atoms with E-state index < -0.39 is 10.9 Å². The third kappa shape index (κ3) is 4.79. The molecule has 3 aromatic carbocycles. The molecule has 28 heavy (non-hydrogen) atoms. The smallest absolute Gasteiger partial charge is 0.339 e. The number of rotatable bonds is 7. The fraction of sp³-hybridized carbons (Fsp3) is 0.0476. The molecule has 0 aromatic heterocycles. The van der Waals surface area contributed by atoms with Gasteiger partial charge in [-0.1, -0.05) is 30.3 Å². The molecule has 0 unspecified atom stereocenters. The molecular formula is C21H16N2O5. The number of aromatic carboxylic acids is 1. The topological polar surface area (TPSA) is 102 Å². The van der Waals surface area contributed by atoms with E-state index in [1.807, 2.05) is 30.3 Å². The van der Waals surface area contributed by atoms with Crippen LogP contribution in [0, 0.1) is 10.1 Å². The van der Waals surface area contributed by atoms with Crippen LogP contribution in [-0.4, -0.2) is 22.2 Å². The molecule has 0 heterocycles. The van der Waals surface area contributed by atoms with Crippen LogP contribution in [0.2, 0.25) is 0 Å². The summed E-state index contributed by atoms with van der Waals surface area (Å²) in [5, 5.41) is 20.1. The molecule has 0 amide bonds. The van der Waals surface area contributed by atoms with Crippen molar-refractivity contribution >= 4 is 23.6 Å². The van der Waals surface area contributed by atoms with E-state index in [2.05, 4.69) is 4.99 Å². The van der Waals surface area contributed by atoms with Gasteiger partial charge in [-0.2, -0.15) is 0 Å². The van der Waals surface area contributed by atoms with E-state index in [1.165, 1.54) is 36.5 Å². The molecule has 7 heteroatoms. The normalized spacial score (nSPS) is 10.7. The molecule has 0 fully saturated rings. The number of benzene rings is 3. The number of aliphatic imine (C=N–C) groups is 1. The molecule has 0 bridgehead atoms. The largest absolute Gasteiger partial charge is 0.488 e. The van der Waals surface area contributed by atoms with Crippen LogP contribution in [0.3, 0.4) is 0 Å². The maximum absolute atomic E-state index is 11.6. The van der Waals surface area contributed by atoms with Gasteiger partial charge in [-0.25, -0.2) is 4.79 Å². The quantitative estimate of drug-likeness (QED) is 0.368. The van der Waals surface area contributed by atoms with Gasteiger partial charge >= 0.3 is 5.97 Å². The van der Waals surface area contributed by atoms with Crippen LogP contribution in [0.4, 0.5) is 11.4 Å². The van der Waals surface area contributed by atoms with Crippen molar-refractivity contribution in [2.24, 2.45) is 4.99 Å². The number of carboxylic acid groups (broad SMARTS) is 1. The number of hydrogen-bond donors (Lipinski definition) is 1. The minimum Gasteiger partial charge on any atom is -0.488 e. The lowest BCUT2D eigenvalue weighted by Crippen LogP contribution is -2.04. The molecular weight excluding hydrogens is 360 g/mol. The Labute approximate surface area is 160 Å². The van der Waals surface area contributed by atoms with Crippen LogP contribution in [0.5, 0.6) is 5.75 Å². The summed E-state index contributed by atoms with van der Waals surface area (Å²) in [4.78, 5) is 26.0. The van der Waals surface area contributed by atoms with Gasteiger partial charge in [-0.15, -0.1) is 0 Å². The minimum absolute atomic E-state index is 0.0213. The van der Waals surface area contributed by atoms with Gasteiger partial charge in [0.1, 0.15) is 17.9 Å². The third-order valence-electron chi connectivity index (χ3n) is 3.89. The van der Waals surface area contributed by atoms with Crippen LogP contribution in [-0.2, 0) is 6.61 Å². The molecule has 0 saturated heterocycles. The highest BCUT2D eigenvalue weighted by Gasteiger charge is 2.12. The molecule has 3 rings (SSSR count). The summed E-state index contributed by atoms with van der Waals surface area (Å²) < 4.78 is 5.65. The molecule has 3 aromatic rings. The molecule has 0 spiro atoms. The maximum atomic E-state index is 11.6. The Morgan fingerprint density at radius 1 is 1.07 bits per heavy atom. The van der Waals surface area contributed by atoms with Crippen molar-refractivity contribution in [2.75, 3.05) is 0 Å². The van der Waals surface area contributed by atoms with Gasteiger partial charge in [-0.3, -0.25) is 15.1 Å². The van der Waals surface area contributed by atoms with Crippen LogP contribution >= 0.6 is 0 Å². The lowest BCUT2D eigenvalue weighted by molar-refractivity contribution is -0.384. The molecule has 0 radical (unpaired) electrons. The Balaban J connectivity index is 1.76. The first-order valence-electron chi connectivity index (χ1n) is 8.35. The number of carboxylic acids is 1. The number of nitro groups is 1. The van der Waals surface area contributed by atoms with E-state index in [4.69, 9.17) is 4.74 Å². The summed E-state index contributed by atoms with van der Waals surface area (Å²) in [5.74, 6) is -0.836. The van der Waals surface area contributed by atoms with E-state index in [9.17, 15) is 20.0 Å². The average molecular weight is 376 g/mol. The zero-order valence-electron chi connectivity index (χ0n) is 14.7. The molecule has 0 aliphatic heterocycles. The maximum Gasteiger partial charge on any atom is 0.339 e. The standard InChI is InChI=1S/C21H16N2O5/c24-21(25)19-12-16(13-22-17-7-9-18(10-8-17)23(26)27)6-11-20(19)28-14-15-4-2-1-3-5-15/h1-13H,14H2,(H,24,25). The van der Waals surface area contributed by atoms with Crippen molar-refractivity contribution in [3.05, 3.63) is 99.6 Å². The van der Waals surface area contributed by atoms with Gasteiger partial charge in [0.2, 0.25) is 0 Å². The van der Waals surface area contributed by atoms with Crippen molar-refractivity contribution in [2.45, 2.75) is 6.61 Å². The van der Waals surface area contributed by atoms with E-state index in [1.54, 1.807) is 12.1 Å². The summed E-state index contributed by atoms with van der Waals surface area (Å²) >= 11 is 0. The first-order valence-corrected chi connectivity index (χ1v) is 8.35. The second-order valence-corrected chi connectivity index (χ2v) is 5.87. The van der Waals surface area contributed by atoms with Crippen molar-refractivity contribution < 1.29 is 19.6 Å². The van der Waals surface area contributed by atoms with E-state index in [-0.39, 0.29) is 23.6 Å². The molecule has 0 aliphatic rings. The van der Waals surface area contributed by atoms with Gasteiger partial charge in [0.25, 0.3) is 5.69 Å². The first kappa shape index (κ1) is 18.8. The van der Waals surface area contributed by atoms with E-state index >= 15 is 0 Å². The SMILES string of the molecule is O=C(O)c1cc(C=Nc2ccc([N+](=O)[O-])cc2)ccc1OCc1ccccc1. The number of carbonyl (C=O) groups is 1. The Hall–Kier alpha value is -4.00. The predicted molar refractivity (Wildman–Crippen MR) is 105 cm³/mol. The molecule has 0 aliphatic carbocycles. The van der Waals surface area contributed by atoms with Crippen molar-refractivity contribution in [1.29, 1.82) is 0 Å². The van der Waals surface area contributed by atoms with Crippen molar-refractivity contribution in [1.82, 2.24) is 0 Å². The van der Waals surface area contributed by atoms with Crippen molar-refractivity contribution in [3.63, 3.8) is 0 Å². The van der Waals surface area contributed by atoms with Gasteiger partial charge < -0.3 is 9.84 Å². The Morgan fingerprint density at radius 2 is 1.79 bits per heavy atom. The lowest BCUT2D eigenvalue weighted by Gasteiger charge is -2.10. The highest BCUT2D eigenvalue weighted by atomic mass is 16.6. The van der Waals surface area contributed by atoms with Gasteiger partial charge in [0, 0.05) is 18.3 Å². The van der Waals surface area contributed by atoms with Crippen LogP contribution in [0.25, 0.3) is 0 Å². The van der Waals surface area contributed by atoms with Crippen LogP contribution < -0.4 is 4.74 Å². The molecule has 140 valence electrons. The van der Waals surface area contributed by atoms with Crippen molar-refractivity contribution in [3.8, 4) is 5.75 Å². The summed E-state index contributed by atoms with van der Waals surface area (Å²) in [6, 6.07) is 20.0. The average Bonchev–Trinajstić information content (AvgIpc) is 2.72. The van der Waals surface area contributed by atoms with E-state index in [0.29, 0.717) is 11.3 Å². The van der Waals surface area contributed by atoms with E-state index in [0.717, 1.165) is 5.56 Å². The summed E-state index contributed by atoms with van der Waals surface area (Å²) in [6.07, 6.45) is 1.49. The minimum atomic E-state index is -1.10. The second kappa shape index (κ2) is 8.59. The summed E-state index contributed by atoms with van der Waals surface area (Å²) in [7, 11) is 0. The fourth-order valence-corrected chi connectivity index (χ4v) is 2.47. The monoisotopic (exact) mass is 376 g/mol. The number of hydrogen-bond acceptors (Lipinski definition) is 5. The van der Waals surface area contributed by atoms with Crippen LogP contribution in [0.15, 0.2) is 77.8 Å². The zero-order chi connectivity index (χ0) is 19.9. The molecule has 1 N–H and O–H groups in total. The zero-order valence-corrected chi connectivity index (χ0v) is 14.7. The third-order valence-corrected chi connectivity index (χ3v) is 3.89. The van der Waals surface area contributed by atoms with Gasteiger partial charge in [0.15, 0.2) is 0 Å². The number of ether oxygens (including phenoxy) is 1. The predicted octanol–water partition coefficient (Wildman–Crippen LogP) is 4.62. The molecule has 0 saturated carbocycles. The highest BCUT2D eigenvalue weighted by molar-refractivity contribution is 5.94. The lowest BCUT2D eigenvalue weighted by atomic mass is 10.1. The second-order valence-electron chi connectivity index (χ2n) is 5.87. The summed E-state index contributed by atoms with van der Waals surface area (Å²) in [6.45, 7) is 0.261. The Bertz CT molecular complexity index is 1010.